The molecule has 0 atom stereocenters. The van der Waals surface area contributed by atoms with Crippen LogP contribution < -0.4 is 30.9 Å². The van der Waals surface area contributed by atoms with Crippen molar-refractivity contribution in [1.82, 2.24) is 13.7 Å². The van der Waals surface area contributed by atoms with E-state index in [4.69, 9.17) is 42.6 Å². The van der Waals surface area contributed by atoms with Gasteiger partial charge < -0.3 is 47.4 Å². The molecule has 0 aliphatic rings. The molecule has 0 spiro atoms. The summed E-state index contributed by atoms with van der Waals surface area (Å²) >= 11 is 3.06. The van der Waals surface area contributed by atoms with Crippen LogP contribution in [0.4, 0.5) is 0 Å². The molecule has 0 saturated heterocycles. The van der Waals surface area contributed by atoms with Gasteiger partial charge in [0.2, 0.25) is 0 Å². The van der Waals surface area contributed by atoms with Crippen molar-refractivity contribution in [2.45, 2.75) is 52.8 Å². The van der Waals surface area contributed by atoms with Gasteiger partial charge in [-0.25, -0.2) is 8.42 Å². The van der Waals surface area contributed by atoms with Gasteiger partial charge in [-0.2, -0.15) is 0 Å². The van der Waals surface area contributed by atoms with Gasteiger partial charge in [0.25, 0.3) is 16.7 Å². The number of rotatable bonds is 25. The second-order valence-corrected chi connectivity index (χ2v) is 17.8. The van der Waals surface area contributed by atoms with E-state index in [1.54, 1.807) is 67.7 Å². The molecule has 0 aliphatic heterocycles. The number of ether oxygens (including phenoxy) is 10. The van der Waals surface area contributed by atoms with Crippen LogP contribution in [0, 0.1) is 0 Å². The summed E-state index contributed by atoms with van der Waals surface area (Å²) in [6.07, 6.45) is 4.98. The fourth-order valence-corrected chi connectivity index (χ4v) is 8.62. The molecule has 5 rings (SSSR count). The number of carbonyl (C=O) groups excluding carboxylic acids is 1. The Balaban J connectivity index is 0.000000267. The van der Waals surface area contributed by atoms with Crippen LogP contribution in [0.3, 0.4) is 0 Å². The first-order valence-corrected chi connectivity index (χ1v) is 23.6. The van der Waals surface area contributed by atoms with Gasteiger partial charge in [0, 0.05) is 101 Å². The van der Waals surface area contributed by atoms with Crippen LogP contribution >= 0.6 is 23.5 Å². The SMILES string of the molecule is COCOc1cc(S(=O)(=O)Cc2ccccc2)cn(COC)c1=O.COCOc1cc(SCCC(=O)OC)cn(COC)c1=O.COCOc1cc(SCc2ccccc2)cn(COC)c1=O. The molecule has 3 heterocycles. The number of hydrogen-bond acceptors (Lipinski definition) is 18. The minimum absolute atomic E-state index is 0.0154. The predicted molar refractivity (Wildman–Crippen MR) is 251 cm³/mol. The van der Waals surface area contributed by atoms with Crippen LogP contribution in [0.2, 0.25) is 0 Å². The monoisotopic (exact) mass is 991 g/mol. The van der Waals surface area contributed by atoms with E-state index in [0.717, 1.165) is 20.1 Å². The number of nitrogens with zero attached hydrogens (tertiary/aromatic N) is 3. The Morgan fingerprint density at radius 1 is 0.537 bits per heavy atom. The number of hydrogen-bond donors (Lipinski definition) is 0. The van der Waals surface area contributed by atoms with Crippen molar-refractivity contribution in [2.24, 2.45) is 0 Å². The molecule has 67 heavy (non-hydrogen) atoms. The van der Waals surface area contributed by atoms with Gasteiger partial charge in [-0.1, -0.05) is 60.7 Å². The number of benzene rings is 2. The van der Waals surface area contributed by atoms with E-state index < -0.39 is 15.4 Å². The van der Waals surface area contributed by atoms with Gasteiger partial charge >= 0.3 is 5.97 Å². The maximum atomic E-state index is 12.7. The fourth-order valence-electron chi connectivity index (χ4n) is 5.43. The fraction of sp³-hybridized carbons (Fsp3) is 0.378. The largest absolute Gasteiger partial charge is 0.469 e. The van der Waals surface area contributed by atoms with Crippen LogP contribution in [0.1, 0.15) is 17.5 Å². The van der Waals surface area contributed by atoms with E-state index >= 15 is 0 Å². The lowest BCUT2D eigenvalue weighted by molar-refractivity contribution is -0.140. The van der Waals surface area contributed by atoms with Crippen LogP contribution in [-0.4, -0.2) is 104 Å². The molecule has 19 nitrogen and oxygen atoms in total. The zero-order chi connectivity index (χ0) is 49.0. The van der Waals surface area contributed by atoms with E-state index in [-0.39, 0.29) is 85.6 Å². The van der Waals surface area contributed by atoms with Crippen LogP contribution in [0.15, 0.2) is 127 Å². The zero-order valence-corrected chi connectivity index (χ0v) is 40.9. The molecule has 0 unspecified atom stereocenters. The highest BCUT2D eigenvalue weighted by molar-refractivity contribution is 7.99. The highest BCUT2D eigenvalue weighted by Gasteiger charge is 2.20. The van der Waals surface area contributed by atoms with Crippen LogP contribution in [0.5, 0.6) is 17.2 Å². The maximum absolute atomic E-state index is 12.7. The topological polar surface area (TPSA) is 210 Å². The van der Waals surface area contributed by atoms with Crippen LogP contribution in [0.25, 0.3) is 0 Å². The second kappa shape index (κ2) is 30.8. The minimum Gasteiger partial charge on any atom is -0.469 e. The van der Waals surface area contributed by atoms with Gasteiger partial charge in [-0.05, 0) is 11.1 Å². The minimum atomic E-state index is -3.65. The summed E-state index contributed by atoms with van der Waals surface area (Å²) in [5, 5.41) is 0. The first kappa shape index (κ1) is 55.9. The standard InChI is InChI=1S/C16H19NO6S.C16H19NO4S.C13H19NO6S/c1-21-11-17-9-14(8-15(16(17)18)23-12-22-2)24(19,20)10-13-6-4-3-5-7-13;1-19-11-17-9-14(8-15(16(17)18)21-12-20-2)22-10-13-6-4-3-5-7-13;1-17-8-14-7-10(21-5-4-12(15)19-3)6-11(13(14)16)20-9-18-2/h3-9H,10-12H2,1-2H3;3-9H,10-12H2,1-2H3;6-7H,4-5,8-9H2,1-3H3. The van der Waals surface area contributed by atoms with Crippen molar-refractivity contribution in [3.8, 4) is 17.2 Å². The van der Waals surface area contributed by atoms with Gasteiger partial charge in [0.05, 0.1) is 24.2 Å². The molecule has 5 aromatic rings. The van der Waals surface area contributed by atoms with E-state index in [9.17, 15) is 27.6 Å². The molecule has 0 amide bonds. The van der Waals surface area contributed by atoms with Gasteiger partial charge in [0.1, 0.15) is 20.2 Å². The molecule has 0 radical (unpaired) electrons. The Morgan fingerprint density at radius 3 is 1.39 bits per heavy atom. The lowest BCUT2D eigenvalue weighted by atomic mass is 10.2. The van der Waals surface area contributed by atoms with Crippen LogP contribution in [-0.2, 0) is 79.5 Å². The van der Waals surface area contributed by atoms with E-state index in [0.29, 0.717) is 17.7 Å². The molecule has 0 saturated carbocycles. The Kier molecular flexibility index (Phi) is 25.7. The molecule has 2 aromatic carbocycles. The Hall–Kier alpha value is -5.43. The molecule has 0 bridgehead atoms. The summed E-state index contributed by atoms with van der Waals surface area (Å²) in [7, 11) is 6.55. The number of pyridine rings is 3. The summed E-state index contributed by atoms with van der Waals surface area (Å²) < 4.78 is 79.1. The lowest BCUT2D eigenvalue weighted by Crippen LogP contribution is -2.24. The number of thioether (sulfide) groups is 2. The second-order valence-electron chi connectivity index (χ2n) is 13.5. The lowest BCUT2D eigenvalue weighted by Gasteiger charge is -2.12. The molecule has 0 N–H and O–H groups in total. The zero-order valence-electron chi connectivity index (χ0n) is 38.4. The van der Waals surface area contributed by atoms with Gasteiger partial charge in [0.15, 0.2) is 47.5 Å². The Bertz CT molecular complexity index is 2540. The maximum Gasteiger partial charge on any atom is 0.306 e. The average molecular weight is 992 g/mol. The molecule has 22 heteroatoms. The summed E-state index contributed by atoms with van der Waals surface area (Å²) in [4.78, 5) is 49.3. The first-order valence-electron chi connectivity index (χ1n) is 20.0. The third-order valence-electron chi connectivity index (χ3n) is 8.50. The highest BCUT2D eigenvalue weighted by Crippen LogP contribution is 2.25. The smallest absolute Gasteiger partial charge is 0.306 e. The molecule has 0 aliphatic carbocycles. The number of aromatic nitrogens is 3. The number of sulfone groups is 1. The summed E-state index contributed by atoms with van der Waals surface area (Å²) in [6, 6.07) is 23.5. The van der Waals surface area contributed by atoms with Crippen molar-refractivity contribution in [1.29, 1.82) is 0 Å². The third kappa shape index (κ3) is 19.4. The molecule has 3 aromatic heterocycles. The van der Waals surface area contributed by atoms with E-state index in [1.165, 1.54) is 81.4 Å². The van der Waals surface area contributed by atoms with Crippen molar-refractivity contribution >= 4 is 39.3 Å². The first-order chi connectivity index (χ1) is 32.3. The van der Waals surface area contributed by atoms with Crippen molar-refractivity contribution in [2.75, 3.05) is 75.9 Å². The number of carbonyl (C=O) groups is 1. The highest BCUT2D eigenvalue weighted by atomic mass is 32.2. The van der Waals surface area contributed by atoms with Crippen molar-refractivity contribution in [3.05, 3.63) is 140 Å². The average Bonchev–Trinajstić information content (AvgIpc) is 3.33. The number of esters is 1. The quantitative estimate of drug-likeness (QED) is 0.0417. The van der Waals surface area contributed by atoms with Gasteiger partial charge in [-0.15, -0.1) is 23.5 Å². The van der Waals surface area contributed by atoms with Gasteiger partial charge in [-0.3, -0.25) is 32.9 Å². The third-order valence-corrected chi connectivity index (χ3v) is 12.1. The molecular formula is C45H57N3O16S3. The Labute approximate surface area is 397 Å². The summed E-state index contributed by atoms with van der Waals surface area (Å²) in [5.74, 6) is 1.24. The molecule has 366 valence electrons. The normalized spacial score (nSPS) is 10.9. The predicted octanol–water partition coefficient (Wildman–Crippen LogP) is 5.23. The van der Waals surface area contributed by atoms with E-state index in [2.05, 4.69) is 16.9 Å². The van der Waals surface area contributed by atoms with E-state index in [1.807, 2.05) is 24.3 Å². The molecular weight excluding hydrogens is 935 g/mol. The number of methoxy groups -OCH3 is 7. The summed E-state index contributed by atoms with van der Waals surface area (Å²) in [5.41, 5.74) is 0.847. The summed E-state index contributed by atoms with van der Waals surface area (Å²) in [6.45, 7) is 0.0737. The van der Waals surface area contributed by atoms with Crippen molar-refractivity contribution in [3.63, 3.8) is 0 Å². The Morgan fingerprint density at radius 2 is 0.955 bits per heavy atom. The van der Waals surface area contributed by atoms with Crippen molar-refractivity contribution < 1.29 is 60.6 Å². The molecule has 0 fully saturated rings.